The molecule has 2 N–H and O–H groups in total. The Bertz CT molecular complexity index is 864. The molecule has 0 amide bonds. The Morgan fingerprint density at radius 1 is 1.07 bits per heavy atom. The second-order valence-electron chi connectivity index (χ2n) is 5.77. The molecule has 1 aromatic carbocycles. The van der Waals surface area contributed by atoms with Crippen molar-refractivity contribution in [2.75, 3.05) is 7.05 Å². The van der Waals surface area contributed by atoms with Crippen LogP contribution in [-0.2, 0) is 19.5 Å². The number of aryl methyl sites for hydroxylation is 1. The van der Waals surface area contributed by atoms with Crippen LogP contribution in [0.15, 0.2) is 59.9 Å². The van der Waals surface area contributed by atoms with Crippen LogP contribution in [0.1, 0.15) is 22.4 Å². The van der Waals surface area contributed by atoms with Crippen molar-refractivity contribution in [3.05, 3.63) is 70.3 Å². The summed E-state index contributed by atoms with van der Waals surface area (Å²) in [6.07, 6.45) is 4.78. The van der Waals surface area contributed by atoms with Crippen molar-refractivity contribution in [1.29, 1.82) is 0 Å². The number of pyridine rings is 1. The minimum atomic E-state index is 0. The van der Waals surface area contributed by atoms with Crippen molar-refractivity contribution in [3.8, 4) is 11.3 Å². The maximum atomic E-state index is 4.42. The number of aliphatic imine (C=N–C) groups is 1. The largest absolute Gasteiger partial charge is 0.352 e. The fraction of sp³-hybridized carbons (Fsp3) is 0.250. The fourth-order valence-electron chi connectivity index (χ4n) is 2.53. The number of rotatable bonds is 6. The van der Waals surface area contributed by atoms with Gasteiger partial charge in [0.25, 0.3) is 0 Å². The number of hydrogen-bond acceptors (Lipinski definition) is 4. The van der Waals surface area contributed by atoms with Crippen molar-refractivity contribution in [2.45, 2.75) is 26.4 Å². The van der Waals surface area contributed by atoms with Crippen LogP contribution in [-0.4, -0.2) is 23.0 Å². The van der Waals surface area contributed by atoms with E-state index >= 15 is 0 Å². The van der Waals surface area contributed by atoms with E-state index in [0.29, 0.717) is 13.1 Å². The number of aromatic nitrogens is 2. The summed E-state index contributed by atoms with van der Waals surface area (Å²) in [7, 11) is 1.78. The monoisotopic (exact) mass is 493 g/mol. The van der Waals surface area contributed by atoms with E-state index in [4.69, 9.17) is 0 Å². The molecule has 0 aliphatic heterocycles. The number of nitrogens with zero attached hydrogens (tertiary/aromatic N) is 3. The molecule has 5 nitrogen and oxygen atoms in total. The number of benzene rings is 1. The number of thiazole rings is 1. The summed E-state index contributed by atoms with van der Waals surface area (Å²) in [6, 6.07) is 14.3. The number of guanidine groups is 1. The van der Waals surface area contributed by atoms with Gasteiger partial charge >= 0.3 is 0 Å². The van der Waals surface area contributed by atoms with E-state index in [2.05, 4.69) is 56.8 Å². The van der Waals surface area contributed by atoms with Gasteiger partial charge < -0.3 is 10.6 Å². The van der Waals surface area contributed by atoms with Crippen molar-refractivity contribution in [3.63, 3.8) is 0 Å². The molecule has 0 bridgehead atoms. The maximum absolute atomic E-state index is 4.42. The molecular formula is C20H24IN5S. The lowest BCUT2D eigenvalue weighted by Gasteiger charge is -2.11. The SMILES string of the molecule is CCc1cnc(CNC(=NC)NCc2cccc(-c3ccccn3)c2)s1.I. The molecule has 0 unspecified atom stereocenters. The van der Waals surface area contributed by atoms with Crippen LogP contribution >= 0.6 is 35.3 Å². The fourth-order valence-corrected chi connectivity index (χ4v) is 3.34. The summed E-state index contributed by atoms with van der Waals surface area (Å²) in [5.41, 5.74) is 3.27. The third kappa shape index (κ3) is 6.28. The van der Waals surface area contributed by atoms with Crippen LogP contribution < -0.4 is 10.6 Å². The van der Waals surface area contributed by atoms with Gasteiger partial charge in [-0.2, -0.15) is 0 Å². The molecular weight excluding hydrogens is 469 g/mol. The lowest BCUT2D eigenvalue weighted by molar-refractivity contribution is 0.805. The molecule has 0 radical (unpaired) electrons. The second kappa shape index (κ2) is 11.0. The van der Waals surface area contributed by atoms with Crippen LogP contribution in [0.25, 0.3) is 11.3 Å². The van der Waals surface area contributed by atoms with E-state index in [1.165, 1.54) is 10.4 Å². The van der Waals surface area contributed by atoms with Gasteiger partial charge in [-0.3, -0.25) is 9.98 Å². The van der Waals surface area contributed by atoms with Gasteiger partial charge in [0, 0.05) is 36.4 Å². The number of hydrogen-bond donors (Lipinski definition) is 2. The van der Waals surface area contributed by atoms with Gasteiger partial charge in [-0.25, -0.2) is 4.98 Å². The predicted molar refractivity (Wildman–Crippen MR) is 124 cm³/mol. The lowest BCUT2D eigenvalue weighted by atomic mass is 10.1. The minimum Gasteiger partial charge on any atom is -0.352 e. The van der Waals surface area contributed by atoms with E-state index in [0.717, 1.165) is 28.6 Å². The van der Waals surface area contributed by atoms with Gasteiger partial charge in [0.05, 0.1) is 12.2 Å². The molecule has 142 valence electrons. The van der Waals surface area contributed by atoms with Gasteiger partial charge in [-0.1, -0.05) is 31.2 Å². The standard InChI is InChI=1S/C20H23N5S.HI/c1-3-17-13-23-19(26-17)14-25-20(21-2)24-12-15-7-6-8-16(11-15)18-9-4-5-10-22-18;/h4-11,13H,3,12,14H2,1-2H3,(H2,21,24,25);1H. The van der Waals surface area contributed by atoms with Gasteiger partial charge in [0.1, 0.15) is 5.01 Å². The molecule has 3 aromatic rings. The van der Waals surface area contributed by atoms with Crippen LogP contribution in [0.5, 0.6) is 0 Å². The molecule has 27 heavy (non-hydrogen) atoms. The molecule has 0 aliphatic rings. The predicted octanol–water partition coefficient (Wildman–Crippen LogP) is 4.25. The highest BCUT2D eigenvalue weighted by Gasteiger charge is 2.04. The van der Waals surface area contributed by atoms with Crippen LogP contribution in [0.3, 0.4) is 0 Å². The lowest BCUT2D eigenvalue weighted by Crippen LogP contribution is -2.36. The quantitative estimate of drug-likeness (QED) is 0.306. The van der Waals surface area contributed by atoms with Crippen molar-refractivity contribution in [2.24, 2.45) is 4.99 Å². The van der Waals surface area contributed by atoms with Crippen molar-refractivity contribution < 1.29 is 0 Å². The molecule has 2 aromatic heterocycles. The average molecular weight is 493 g/mol. The average Bonchev–Trinajstić information content (AvgIpc) is 3.17. The van der Waals surface area contributed by atoms with Crippen LogP contribution in [0.2, 0.25) is 0 Å². The highest BCUT2D eigenvalue weighted by molar-refractivity contribution is 14.0. The van der Waals surface area contributed by atoms with Crippen LogP contribution in [0, 0.1) is 0 Å². The third-order valence-corrected chi connectivity index (χ3v) is 5.07. The topological polar surface area (TPSA) is 62.2 Å². The van der Waals surface area contributed by atoms with Crippen molar-refractivity contribution in [1.82, 2.24) is 20.6 Å². The minimum absolute atomic E-state index is 0. The third-order valence-electron chi connectivity index (χ3n) is 3.93. The highest BCUT2D eigenvalue weighted by Crippen LogP contribution is 2.17. The summed E-state index contributed by atoms with van der Waals surface area (Å²) in [5.74, 6) is 0.765. The molecule has 0 fully saturated rings. The first-order valence-corrected chi connectivity index (χ1v) is 9.48. The van der Waals surface area contributed by atoms with E-state index in [1.807, 2.05) is 30.6 Å². The van der Waals surface area contributed by atoms with E-state index in [1.54, 1.807) is 18.4 Å². The molecule has 3 rings (SSSR count). The summed E-state index contributed by atoms with van der Waals surface area (Å²) >= 11 is 1.74. The molecule has 0 aliphatic carbocycles. The summed E-state index contributed by atoms with van der Waals surface area (Å²) in [5, 5.41) is 7.74. The Kier molecular flexibility index (Phi) is 8.66. The van der Waals surface area contributed by atoms with Gasteiger partial charge in [0.15, 0.2) is 5.96 Å². The normalized spacial score (nSPS) is 11.0. The first-order valence-electron chi connectivity index (χ1n) is 8.67. The Labute approximate surface area is 181 Å². The van der Waals surface area contributed by atoms with Gasteiger partial charge in [-0.05, 0) is 30.2 Å². The van der Waals surface area contributed by atoms with E-state index < -0.39 is 0 Å². The zero-order chi connectivity index (χ0) is 18.2. The van der Waals surface area contributed by atoms with E-state index in [9.17, 15) is 0 Å². The Balaban J connectivity index is 0.00000261. The van der Waals surface area contributed by atoms with E-state index in [-0.39, 0.29) is 24.0 Å². The zero-order valence-corrected chi connectivity index (χ0v) is 18.6. The number of nitrogens with one attached hydrogen (secondary N) is 2. The van der Waals surface area contributed by atoms with Crippen molar-refractivity contribution >= 4 is 41.3 Å². The second-order valence-corrected chi connectivity index (χ2v) is 6.97. The molecule has 0 saturated heterocycles. The summed E-state index contributed by atoms with van der Waals surface area (Å²) < 4.78 is 0. The molecule has 0 saturated carbocycles. The first kappa shape index (κ1) is 21.3. The highest BCUT2D eigenvalue weighted by atomic mass is 127. The molecule has 0 spiro atoms. The molecule has 7 heteroatoms. The van der Waals surface area contributed by atoms with Gasteiger partial charge in [0.2, 0.25) is 0 Å². The molecule has 2 heterocycles. The summed E-state index contributed by atoms with van der Waals surface area (Å²) in [6.45, 7) is 3.51. The smallest absolute Gasteiger partial charge is 0.191 e. The Morgan fingerprint density at radius 2 is 1.93 bits per heavy atom. The van der Waals surface area contributed by atoms with Crippen LogP contribution in [0.4, 0.5) is 0 Å². The number of halogens is 1. The molecule has 0 atom stereocenters. The Morgan fingerprint density at radius 3 is 2.63 bits per heavy atom. The Hall–Kier alpha value is -2.00. The first-order chi connectivity index (χ1) is 12.8. The zero-order valence-electron chi connectivity index (χ0n) is 15.5. The van der Waals surface area contributed by atoms with Gasteiger partial charge in [-0.15, -0.1) is 35.3 Å². The summed E-state index contributed by atoms with van der Waals surface area (Å²) in [4.78, 5) is 14.4. The maximum Gasteiger partial charge on any atom is 0.191 e.